The Balaban J connectivity index is 3.00. The first kappa shape index (κ1) is 10.7. The first-order chi connectivity index (χ1) is 6.52. The summed E-state index contributed by atoms with van der Waals surface area (Å²) < 4.78 is 12.6. The minimum absolute atomic E-state index is 0.0355. The van der Waals surface area contributed by atoms with Gasteiger partial charge in [0.25, 0.3) is 0 Å². The number of anilines is 1. The van der Waals surface area contributed by atoms with Gasteiger partial charge in [-0.2, -0.15) is 0 Å². The van der Waals surface area contributed by atoms with E-state index in [1.165, 1.54) is 19.1 Å². The van der Waals surface area contributed by atoms with Gasteiger partial charge in [0, 0.05) is 18.7 Å². The molecule has 0 saturated heterocycles. The van der Waals surface area contributed by atoms with E-state index in [4.69, 9.17) is 0 Å². The van der Waals surface area contributed by atoms with E-state index in [9.17, 15) is 9.18 Å². The minimum Gasteiger partial charge on any atom is -0.310 e. The molecule has 3 heteroatoms. The van der Waals surface area contributed by atoms with Crippen LogP contribution in [0.15, 0.2) is 24.3 Å². The summed E-state index contributed by atoms with van der Waals surface area (Å²) in [7, 11) is 0. The molecule has 0 N–H and O–H groups in total. The van der Waals surface area contributed by atoms with Gasteiger partial charge >= 0.3 is 0 Å². The van der Waals surface area contributed by atoms with E-state index >= 15 is 0 Å². The van der Waals surface area contributed by atoms with Crippen molar-refractivity contribution in [1.82, 2.24) is 0 Å². The molecule has 0 bridgehead atoms. The van der Waals surface area contributed by atoms with Crippen molar-refractivity contribution in [2.75, 3.05) is 4.90 Å². The fourth-order valence-corrected chi connectivity index (χ4v) is 1.45. The first-order valence-corrected chi connectivity index (χ1v) is 4.57. The van der Waals surface area contributed by atoms with Crippen LogP contribution in [0, 0.1) is 5.82 Å². The minimum atomic E-state index is -0.291. The predicted octanol–water partition coefficient (Wildman–Crippen LogP) is 2.59. The van der Waals surface area contributed by atoms with Gasteiger partial charge in [-0.3, -0.25) is 4.79 Å². The van der Waals surface area contributed by atoms with E-state index in [0.717, 1.165) is 5.69 Å². The van der Waals surface area contributed by atoms with Crippen LogP contribution in [0.25, 0.3) is 0 Å². The monoisotopic (exact) mass is 195 g/mol. The second-order valence-corrected chi connectivity index (χ2v) is 3.46. The SMILES string of the molecule is CC(=O)N(c1ccc(F)cc1)C(C)C. The standard InChI is InChI=1S/C11H14FNO/c1-8(2)13(9(3)14)11-6-4-10(12)5-7-11/h4-8H,1-3H3. The first-order valence-electron chi connectivity index (χ1n) is 4.57. The number of carbonyl (C=O) groups excluding carboxylic acids is 1. The molecule has 0 aliphatic rings. The van der Waals surface area contributed by atoms with Crippen molar-refractivity contribution in [1.29, 1.82) is 0 Å². The van der Waals surface area contributed by atoms with E-state index in [1.807, 2.05) is 13.8 Å². The summed E-state index contributed by atoms with van der Waals surface area (Å²) in [6.45, 7) is 5.35. The molecule has 1 amide bonds. The Hall–Kier alpha value is -1.38. The van der Waals surface area contributed by atoms with Crippen molar-refractivity contribution in [3.63, 3.8) is 0 Å². The van der Waals surface area contributed by atoms with E-state index in [-0.39, 0.29) is 17.8 Å². The number of rotatable bonds is 2. The third kappa shape index (κ3) is 2.31. The molecule has 0 unspecified atom stereocenters. The Morgan fingerprint density at radius 2 is 1.79 bits per heavy atom. The lowest BCUT2D eigenvalue weighted by atomic mass is 10.2. The van der Waals surface area contributed by atoms with E-state index < -0.39 is 0 Å². The number of nitrogens with zero attached hydrogens (tertiary/aromatic N) is 1. The highest BCUT2D eigenvalue weighted by Crippen LogP contribution is 2.17. The molecule has 14 heavy (non-hydrogen) atoms. The van der Waals surface area contributed by atoms with Gasteiger partial charge in [0.05, 0.1) is 0 Å². The maximum absolute atomic E-state index is 12.6. The number of benzene rings is 1. The Morgan fingerprint density at radius 1 is 1.29 bits per heavy atom. The van der Waals surface area contributed by atoms with Crippen LogP contribution < -0.4 is 4.90 Å². The lowest BCUT2D eigenvalue weighted by Gasteiger charge is -2.25. The largest absolute Gasteiger partial charge is 0.310 e. The van der Waals surface area contributed by atoms with Crippen molar-refractivity contribution < 1.29 is 9.18 Å². The molecule has 0 atom stereocenters. The second-order valence-electron chi connectivity index (χ2n) is 3.46. The molecule has 76 valence electrons. The Kier molecular flexibility index (Phi) is 3.23. The summed E-state index contributed by atoms with van der Waals surface area (Å²) in [4.78, 5) is 12.9. The van der Waals surface area contributed by atoms with Crippen LogP contribution in [0.3, 0.4) is 0 Å². The Bertz CT molecular complexity index is 319. The zero-order valence-electron chi connectivity index (χ0n) is 8.62. The lowest BCUT2D eigenvalue weighted by molar-refractivity contribution is -0.116. The molecule has 0 radical (unpaired) electrons. The topological polar surface area (TPSA) is 20.3 Å². The molecule has 1 aromatic carbocycles. The second kappa shape index (κ2) is 4.22. The summed E-state index contributed by atoms with van der Waals surface area (Å²) in [6, 6.07) is 6.01. The third-order valence-electron chi connectivity index (χ3n) is 1.96. The van der Waals surface area contributed by atoms with E-state index in [2.05, 4.69) is 0 Å². The van der Waals surface area contributed by atoms with Crippen LogP contribution in [0.2, 0.25) is 0 Å². The fraction of sp³-hybridized carbons (Fsp3) is 0.364. The van der Waals surface area contributed by atoms with Crippen molar-refractivity contribution in [2.24, 2.45) is 0 Å². The Morgan fingerprint density at radius 3 is 2.14 bits per heavy atom. The van der Waals surface area contributed by atoms with Gasteiger partial charge in [-0.1, -0.05) is 0 Å². The molecule has 0 aliphatic carbocycles. The maximum atomic E-state index is 12.6. The van der Waals surface area contributed by atoms with E-state index in [1.54, 1.807) is 17.0 Å². The Labute approximate surface area is 83.3 Å². The smallest absolute Gasteiger partial charge is 0.224 e. The van der Waals surface area contributed by atoms with Gasteiger partial charge in [-0.15, -0.1) is 0 Å². The van der Waals surface area contributed by atoms with Gasteiger partial charge in [-0.25, -0.2) is 4.39 Å². The van der Waals surface area contributed by atoms with Gasteiger partial charge in [0.2, 0.25) is 5.91 Å². The van der Waals surface area contributed by atoms with Gasteiger partial charge in [0.1, 0.15) is 5.82 Å². The molecular weight excluding hydrogens is 181 g/mol. The van der Waals surface area contributed by atoms with E-state index in [0.29, 0.717) is 0 Å². The van der Waals surface area contributed by atoms with Crippen LogP contribution in [0.4, 0.5) is 10.1 Å². The van der Waals surface area contributed by atoms with Crippen molar-refractivity contribution >= 4 is 11.6 Å². The summed E-state index contributed by atoms with van der Waals surface area (Å²) >= 11 is 0. The molecule has 0 fully saturated rings. The summed E-state index contributed by atoms with van der Waals surface area (Å²) in [5.41, 5.74) is 0.730. The number of hydrogen-bond donors (Lipinski definition) is 0. The molecule has 0 spiro atoms. The molecule has 0 saturated carbocycles. The highest BCUT2D eigenvalue weighted by atomic mass is 19.1. The number of carbonyl (C=O) groups is 1. The van der Waals surface area contributed by atoms with Gasteiger partial charge in [-0.05, 0) is 38.1 Å². The number of amides is 1. The van der Waals surface area contributed by atoms with Gasteiger partial charge in [0.15, 0.2) is 0 Å². The maximum Gasteiger partial charge on any atom is 0.224 e. The van der Waals surface area contributed by atoms with Crippen LogP contribution in [0.1, 0.15) is 20.8 Å². The average molecular weight is 195 g/mol. The number of halogens is 1. The molecule has 2 nitrogen and oxygen atoms in total. The molecule has 1 rings (SSSR count). The number of hydrogen-bond acceptors (Lipinski definition) is 1. The quantitative estimate of drug-likeness (QED) is 0.710. The lowest BCUT2D eigenvalue weighted by Crippen LogP contribution is -2.34. The highest BCUT2D eigenvalue weighted by molar-refractivity contribution is 5.91. The van der Waals surface area contributed by atoms with Crippen molar-refractivity contribution in [3.8, 4) is 0 Å². The molecule has 0 aliphatic heterocycles. The summed E-state index contributed by atoms with van der Waals surface area (Å²) in [6.07, 6.45) is 0. The molecule has 0 heterocycles. The molecule has 1 aromatic rings. The van der Waals surface area contributed by atoms with Crippen LogP contribution in [0.5, 0.6) is 0 Å². The van der Waals surface area contributed by atoms with Crippen molar-refractivity contribution in [3.05, 3.63) is 30.1 Å². The third-order valence-corrected chi connectivity index (χ3v) is 1.96. The summed E-state index contributed by atoms with van der Waals surface area (Å²) in [5, 5.41) is 0. The molecular formula is C11H14FNO. The predicted molar refractivity (Wildman–Crippen MR) is 54.7 cm³/mol. The summed E-state index contributed by atoms with van der Waals surface area (Å²) in [5.74, 6) is -0.326. The zero-order chi connectivity index (χ0) is 10.7. The highest BCUT2D eigenvalue weighted by Gasteiger charge is 2.14. The van der Waals surface area contributed by atoms with Crippen LogP contribution in [-0.4, -0.2) is 11.9 Å². The zero-order valence-corrected chi connectivity index (χ0v) is 8.62. The van der Waals surface area contributed by atoms with Crippen LogP contribution in [-0.2, 0) is 4.79 Å². The van der Waals surface area contributed by atoms with Gasteiger partial charge < -0.3 is 4.90 Å². The van der Waals surface area contributed by atoms with Crippen molar-refractivity contribution in [2.45, 2.75) is 26.8 Å². The average Bonchev–Trinajstić information content (AvgIpc) is 2.07. The molecule has 0 aromatic heterocycles. The fourth-order valence-electron chi connectivity index (χ4n) is 1.45. The van der Waals surface area contributed by atoms with Crippen LogP contribution >= 0.6 is 0 Å². The normalized spacial score (nSPS) is 10.4.